The minimum atomic E-state index is -0.436. The van der Waals surface area contributed by atoms with E-state index in [4.69, 9.17) is 0 Å². The Balaban J connectivity index is 1.88. The quantitative estimate of drug-likeness (QED) is 0.850. The highest BCUT2D eigenvalue weighted by Crippen LogP contribution is 2.10. The van der Waals surface area contributed by atoms with E-state index < -0.39 is 6.10 Å². The molecule has 1 saturated heterocycles. The number of rotatable bonds is 3. The van der Waals surface area contributed by atoms with Crippen molar-refractivity contribution < 1.29 is 14.7 Å². The van der Waals surface area contributed by atoms with Gasteiger partial charge in [0.1, 0.15) is 0 Å². The molecular formula is C15H20N2O3. The van der Waals surface area contributed by atoms with Crippen molar-refractivity contribution in [2.75, 3.05) is 19.6 Å². The molecule has 1 atom stereocenters. The van der Waals surface area contributed by atoms with Gasteiger partial charge in [-0.15, -0.1) is 0 Å². The lowest BCUT2D eigenvalue weighted by atomic mass is 10.1. The molecule has 1 aromatic carbocycles. The number of hydrogen-bond acceptors (Lipinski definition) is 3. The van der Waals surface area contributed by atoms with E-state index >= 15 is 0 Å². The maximum atomic E-state index is 12.0. The van der Waals surface area contributed by atoms with Gasteiger partial charge >= 0.3 is 0 Å². The smallest absolute Gasteiger partial charge is 0.251 e. The summed E-state index contributed by atoms with van der Waals surface area (Å²) in [7, 11) is 0. The Morgan fingerprint density at radius 2 is 2.10 bits per heavy atom. The van der Waals surface area contributed by atoms with Crippen LogP contribution in [-0.4, -0.2) is 47.6 Å². The van der Waals surface area contributed by atoms with Crippen LogP contribution in [0.1, 0.15) is 27.9 Å². The van der Waals surface area contributed by atoms with Crippen molar-refractivity contribution in [2.45, 2.75) is 26.4 Å². The lowest BCUT2D eigenvalue weighted by Gasteiger charge is -2.15. The summed E-state index contributed by atoms with van der Waals surface area (Å²) in [6.07, 6.45) is 0.172. The van der Waals surface area contributed by atoms with Crippen molar-refractivity contribution in [3.8, 4) is 0 Å². The van der Waals surface area contributed by atoms with Crippen molar-refractivity contribution in [3.63, 3.8) is 0 Å². The molecule has 20 heavy (non-hydrogen) atoms. The van der Waals surface area contributed by atoms with Gasteiger partial charge < -0.3 is 15.3 Å². The zero-order valence-corrected chi connectivity index (χ0v) is 11.8. The van der Waals surface area contributed by atoms with Crippen LogP contribution in [0, 0.1) is 13.8 Å². The molecule has 0 saturated carbocycles. The Hall–Kier alpha value is -1.88. The number of carbonyl (C=O) groups is 2. The molecule has 108 valence electrons. The van der Waals surface area contributed by atoms with E-state index in [1.807, 2.05) is 26.0 Å². The molecule has 0 spiro atoms. The summed E-state index contributed by atoms with van der Waals surface area (Å²) in [6.45, 7) is 4.82. The first kappa shape index (κ1) is 14.5. The average Bonchev–Trinajstić information content (AvgIpc) is 2.85. The minimum absolute atomic E-state index is 0.0293. The van der Waals surface area contributed by atoms with Gasteiger partial charge in [-0.05, 0) is 43.5 Å². The first-order valence-electron chi connectivity index (χ1n) is 6.78. The van der Waals surface area contributed by atoms with Gasteiger partial charge in [0, 0.05) is 18.7 Å². The Kier molecular flexibility index (Phi) is 4.39. The summed E-state index contributed by atoms with van der Waals surface area (Å²) < 4.78 is 0. The summed E-state index contributed by atoms with van der Waals surface area (Å²) in [5.74, 6) is -0.403. The number of aliphatic hydroxyl groups excluding tert-OH is 1. The van der Waals surface area contributed by atoms with Crippen molar-refractivity contribution in [3.05, 3.63) is 34.9 Å². The van der Waals surface area contributed by atoms with Gasteiger partial charge in [0.25, 0.3) is 5.91 Å². The van der Waals surface area contributed by atoms with E-state index in [-0.39, 0.29) is 18.4 Å². The first-order valence-corrected chi connectivity index (χ1v) is 6.78. The molecule has 0 aromatic heterocycles. The molecule has 2 amide bonds. The summed E-state index contributed by atoms with van der Waals surface area (Å²) in [5, 5.41) is 12.0. The second-order valence-electron chi connectivity index (χ2n) is 5.26. The highest BCUT2D eigenvalue weighted by atomic mass is 16.3. The van der Waals surface area contributed by atoms with Crippen molar-refractivity contribution >= 4 is 11.8 Å². The number of amides is 2. The Labute approximate surface area is 118 Å². The number of hydrogen-bond donors (Lipinski definition) is 2. The fourth-order valence-electron chi connectivity index (χ4n) is 2.22. The number of likely N-dealkylation sites (tertiary alicyclic amines) is 1. The zero-order valence-electron chi connectivity index (χ0n) is 11.8. The van der Waals surface area contributed by atoms with Gasteiger partial charge in [-0.1, -0.05) is 6.07 Å². The van der Waals surface area contributed by atoms with E-state index in [1.54, 1.807) is 11.0 Å². The number of β-amino-alcohol motifs (C(OH)–C–C–N with tert-alkyl or cyclic N) is 1. The van der Waals surface area contributed by atoms with Gasteiger partial charge in [-0.3, -0.25) is 9.59 Å². The molecule has 5 heteroatoms. The lowest BCUT2D eigenvalue weighted by molar-refractivity contribution is -0.129. The normalized spacial score (nSPS) is 18.1. The molecule has 1 heterocycles. The minimum Gasteiger partial charge on any atom is -0.391 e. The average molecular weight is 276 g/mol. The predicted octanol–water partition coefficient (Wildman–Crippen LogP) is 0.626. The van der Waals surface area contributed by atoms with Gasteiger partial charge in [-0.2, -0.15) is 0 Å². The molecule has 0 radical (unpaired) electrons. The molecule has 0 aliphatic carbocycles. The number of aryl methyl sites for hydroxylation is 2. The molecule has 0 bridgehead atoms. The number of nitrogens with zero attached hydrogens (tertiary/aromatic N) is 1. The van der Waals surface area contributed by atoms with Crippen LogP contribution in [0.2, 0.25) is 0 Å². The first-order chi connectivity index (χ1) is 9.47. The fourth-order valence-corrected chi connectivity index (χ4v) is 2.22. The third kappa shape index (κ3) is 3.36. The van der Waals surface area contributed by atoms with Crippen LogP contribution in [0.15, 0.2) is 18.2 Å². The standard InChI is InChI=1S/C15H20N2O3/c1-10-3-4-12(7-11(10)2)15(20)16-8-14(19)17-6-5-13(18)9-17/h3-4,7,13,18H,5-6,8-9H2,1-2H3,(H,16,20)/t13-/m1/s1. The van der Waals surface area contributed by atoms with E-state index in [9.17, 15) is 14.7 Å². The van der Waals surface area contributed by atoms with Gasteiger partial charge in [-0.25, -0.2) is 0 Å². The molecule has 1 aliphatic rings. The van der Waals surface area contributed by atoms with Crippen LogP contribution in [0.5, 0.6) is 0 Å². The van der Waals surface area contributed by atoms with E-state index in [2.05, 4.69) is 5.32 Å². The van der Waals surface area contributed by atoms with Crippen LogP contribution in [0.4, 0.5) is 0 Å². The summed E-state index contributed by atoms with van der Waals surface area (Å²) in [4.78, 5) is 25.4. The topological polar surface area (TPSA) is 69.6 Å². The van der Waals surface area contributed by atoms with Gasteiger partial charge in [0.05, 0.1) is 12.6 Å². The number of nitrogens with one attached hydrogen (secondary N) is 1. The second-order valence-corrected chi connectivity index (χ2v) is 5.26. The molecule has 0 unspecified atom stereocenters. The highest BCUT2D eigenvalue weighted by Gasteiger charge is 2.24. The molecule has 1 aromatic rings. The molecule has 1 aliphatic heterocycles. The van der Waals surface area contributed by atoms with E-state index in [1.165, 1.54) is 0 Å². The maximum Gasteiger partial charge on any atom is 0.251 e. The summed E-state index contributed by atoms with van der Waals surface area (Å²) in [6, 6.07) is 5.46. The molecule has 1 fully saturated rings. The second kappa shape index (κ2) is 6.05. The lowest BCUT2D eigenvalue weighted by Crippen LogP contribution is -2.39. The van der Waals surface area contributed by atoms with Crippen LogP contribution in [0.25, 0.3) is 0 Å². The number of carbonyl (C=O) groups excluding carboxylic acids is 2. The van der Waals surface area contributed by atoms with E-state index in [0.717, 1.165) is 11.1 Å². The Morgan fingerprint density at radius 1 is 1.35 bits per heavy atom. The Bertz CT molecular complexity index is 528. The summed E-state index contributed by atoms with van der Waals surface area (Å²) >= 11 is 0. The maximum absolute atomic E-state index is 12.0. The fraction of sp³-hybridized carbons (Fsp3) is 0.467. The third-order valence-corrected chi connectivity index (χ3v) is 3.69. The zero-order chi connectivity index (χ0) is 14.7. The third-order valence-electron chi connectivity index (χ3n) is 3.69. The highest BCUT2D eigenvalue weighted by molar-refractivity contribution is 5.96. The SMILES string of the molecule is Cc1ccc(C(=O)NCC(=O)N2CC[C@@H](O)C2)cc1C. The number of aliphatic hydroxyl groups is 1. The van der Waals surface area contributed by atoms with Gasteiger partial charge in [0.15, 0.2) is 0 Å². The van der Waals surface area contributed by atoms with Crippen LogP contribution >= 0.6 is 0 Å². The molecule has 5 nitrogen and oxygen atoms in total. The largest absolute Gasteiger partial charge is 0.391 e. The van der Waals surface area contributed by atoms with Crippen LogP contribution in [0.3, 0.4) is 0 Å². The number of benzene rings is 1. The van der Waals surface area contributed by atoms with Crippen LogP contribution < -0.4 is 5.32 Å². The molecular weight excluding hydrogens is 256 g/mol. The van der Waals surface area contributed by atoms with Gasteiger partial charge in [0.2, 0.25) is 5.91 Å². The molecule has 2 N–H and O–H groups in total. The van der Waals surface area contributed by atoms with Crippen molar-refractivity contribution in [1.29, 1.82) is 0 Å². The van der Waals surface area contributed by atoms with Crippen molar-refractivity contribution in [2.24, 2.45) is 0 Å². The summed E-state index contributed by atoms with van der Waals surface area (Å²) in [5.41, 5.74) is 2.73. The van der Waals surface area contributed by atoms with E-state index in [0.29, 0.717) is 25.1 Å². The predicted molar refractivity (Wildman–Crippen MR) is 75.5 cm³/mol. The van der Waals surface area contributed by atoms with Crippen molar-refractivity contribution in [1.82, 2.24) is 10.2 Å². The van der Waals surface area contributed by atoms with Crippen LogP contribution in [-0.2, 0) is 4.79 Å². The molecule has 2 rings (SSSR count). The monoisotopic (exact) mass is 276 g/mol. The Morgan fingerprint density at radius 3 is 2.70 bits per heavy atom.